The number of nitrogens with one attached hydrogen (secondary N) is 1. The summed E-state index contributed by atoms with van der Waals surface area (Å²) in [5, 5.41) is 11.2. The molecule has 1 N–H and O–H groups in total. The van der Waals surface area contributed by atoms with E-state index in [0.717, 1.165) is 24.8 Å². The summed E-state index contributed by atoms with van der Waals surface area (Å²) in [6.07, 6.45) is 8.04. The van der Waals surface area contributed by atoms with E-state index in [9.17, 15) is 4.79 Å². The first-order valence-electron chi connectivity index (χ1n) is 10.4. The molecule has 154 valence electrons. The third-order valence-corrected chi connectivity index (χ3v) is 5.08. The Balaban J connectivity index is 1.35. The fraction of sp³-hybridized carbons (Fsp3) is 0.292. The molecule has 0 aliphatic heterocycles. The summed E-state index contributed by atoms with van der Waals surface area (Å²) in [6.45, 7) is 0.579. The molecule has 3 aromatic rings. The second-order valence-corrected chi connectivity index (χ2v) is 7.27. The number of carbonyl (C=O) groups excluding carboxylic acids is 1. The summed E-state index contributed by atoms with van der Waals surface area (Å²) in [7, 11) is 0. The summed E-state index contributed by atoms with van der Waals surface area (Å²) in [6, 6.07) is 16.9. The Bertz CT molecular complexity index is 1010. The van der Waals surface area contributed by atoms with E-state index in [1.54, 1.807) is 6.07 Å². The van der Waals surface area contributed by atoms with Crippen molar-refractivity contribution in [2.24, 2.45) is 0 Å². The van der Waals surface area contributed by atoms with Gasteiger partial charge in [-0.1, -0.05) is 42.0 Å². The molecule has 1 aliphatic rings. The molecule has 0 radical (unpaired) electrons. The minimum absolute atomic E-state index is 0.0598. The number of para-hydroxylation sites is 1. The molecule has 0 saturated heterocycles. The van der Waals surface area contributed by atoms with E-state index in [1.165, 1.54) is 18.4 Å². The lowest BCUT2D eigenvalue weighted by Gasteiger charge is -2.13. The number of amides is 1. The predicted molar refractivity (Wildman–Crippen MR) is 115 cm³/mol. The second kappa shape index (κ2) is 9.87. The first kappa shape index (κ1) is 19.9. The Hall–Kier alpha value is -3.41. The van der Waals surface area contributed by atoms with Gasteiger partial charge in [-0.3, -0.25) is 4.79 Å². The highest BCUT2D eigenvalue weighted by Crippen LogP contribution is 2.30. The summed E-state index contributed by atoms with van der Waals surface area (Å²) in [4.78, 5) is 12.2. The molecule has 30 heavy (non-hydrogen) atoms. The molecular formula is C24H25N3O3. The van der Waals surface area contributed by atoms with E-state index in [2.05, 4.69) is 21.6 Å². The molecule has 0 spiro atoms. The van der Waals surface area contributed by atoms with Crippen LogP contribution in [0.15, 0.2) is 70.7 Å². The van der Waals surface area contributed by atoms with Gasteiger partial charge < -0.3 is 14.5 Å². The highest BCUT2D eigenvalue weighted by Gasteiger charge is 2.15. The lowest BCUT2D eigenvalue weighted by atomic mass is 9.97. The molecule has 0 atom stereocenters. The number of allylic oxidation sites excluding steroid dienone is 1. The normalized spacial score (nSPS) is 13.5. The molecule has 0 bridgehead atoms. The Labute approximate surface area is 176 Å². The highest BCUT2D eigenvalue weighted by atomic mass is 16.5. The molecule has 6 heteroatoms. The van der Waals surface area contributed by atoms with Crippen LogP contribution >= 0.6 is 0 Å². The number of nitrogens with zero attached hydrogens (tertiary/aromatic N) is 2. The third kappa shape index (κ3) is 5.14. The van der Waals surface area contributed by atoms with E-state index < -0.39 is 0 Å². The van der Waals surface area contributed by atoms with Crippen LogP contribution in [0.4, 0.5) is 0 Å². The van der Waals surface area contributed by atoms with Gasteiger partial charge in [0.1, 0.15) is 5.75 Å². The smallest absolute Gasteiger partial charge is 0.257 e. The Kier molecular flexibility index (Phi) is 6.54. The Morgan fingerprint density at radius 3 is 2.63 bits per heavy atom. The number of aromatic nitrogens is 2. The number of rotatable bonds is 8. The fourth-order valence-corrected chi connectivity index (χ4v) is 3.49. The molecular weight excluding hydrogens is 378 g/mol. The lowest BCUT2D eigenvalue weighted by Crippen LogP contribution is -2.30. The molecule has 2 aromatic carbocycles. The third-order valence-electron chi connectivity index (χ3n) is 5.08. The van der Waals surface area contributed by atoms with Crippen molar-refractivity contribution in [3.8, 4) is 28.7 Å². The van der Waals surface area contributed by atoms with Crippen LogP contribution in [0.3, 0.4) is 0 Å². The Morgan fingerprint density at radius 1 is 1.00 bits per heavy atom. The van der Waals surface area contributed by atoms with Gasteiger partial charge in [-0.2, -0.15) is 0 Å². The van der Waals surface area contributed by atoms with Crippen molar-refractivity contribution in [1.29, 1.82) is 0 Å². The summed E-state index contributed by atoms with van der Waals surface area (Å²) in [5.41, 5.74) is 2.95. The molecule has 6 nitrogen and oxygen atoms in total. The highest BCUT2D eigenvalue weighted by molar-refractivity contribution is 5.78. The number of hydrogen-bond donors (Lipinski definition) is 1. The maximum absolute atomic E-state index is 12.2. The minimum Gasteiger partial charge on any atom is -0.483 e. The molecule has 4 rings (SSSR count). The largest absolute Gasteiger partial charge is 0.483 e. The summed E-state index contributed by atoms with van der Waals surface area (Å²) < 4.78 is 11.6. The maximum Gasteiger partial charge on any atom is 0.257 e. The standard InChI is InChI=1S/C24H25N3O3/c28-22(25-16-15-18-9-3-1-4-10-18)17-29-21-14-8-7-13-20(21)24-27-26-23(30-24)19-11-5-2-6-12-19/h2,5-9,11-14H,1,3-4,10,15-17H2,(H,25,28). The van der Waals surface area contributed by atoms with Crippen LogP contribution in [0.1, 0.15) is 32.1 Å². The van der Waals surface area contributed by atoms with E-state index in [4.69, 9.17) is 9.15 Å². The molecule has 0 unspecified atom stereocenters. The van der Waals surface area contributed by atoms with Crippen LogP contribution in [0.5, 0.6) is 5.75 Å². The predicted octanol–water partition coefficient (Wildman–Crippen LogP) is 4.79. The molecule has 1 heterocycles. The zero-order valence-electron chi connectivity index (χ0n) is 16.8. The van der Waals surface area contributed by atoms with Crippen molar-refractivity contribution < 1.29 is 13.9 Å². The summed E-state index contributed by atoms with van der Waals surface area (Å²) >= 11 is 0. The van der Waals surface area contributed by atoms with Crippen molar-refractivity contribution in [3.63, 3.8) is 0 Å². The molecule has 1 amide bonds. The molecule has 0 saturated carbocycles. The minimum atomic E-state index is -0.142. The van der Waals surface area contributed by atoms with Crippen molar-refractivity contribution in [2.45, 2.75) is 32.1 Å². The zero-order chi connectivity index (χ0) is 20.6. The van der Waals surface area contributed by atoms with Gasteiger partial charge in [0, 0.05) is 12.1 Å². The lowest BCUT2D eigenvalue weighted by molar-refractivity contribution is -0.123. The van der Waals surface area contributed by atoms with Gasteiger partial charge >= 0.3 is 0 Å². The number of ether oxygens (including phenoxy) is 1. The van der Waals surface area contributed by atoms with Crippen molar-refractivity contribution >= 4 is 5.91 Å². The van der Waals surface area contributed by atoms with Crippen molar-refractivity contribution in [3.05, 3.63) is 66.2 Å². The monoisotopic (exact) mass is 403 g/mol. The molecule has 1 aromatic heterocycles. The van der Waals surface area contributed by atoms with Gasteiger partial charge in [-0.25, -0.2) is 0 Å². The first-order chi connectivity index (χ1) is 14.8. The SMILES string of the molecule is O=C(COc1ccccc1-c1nnc(-c2ccccc2)o1)NCCC1=CCCCC1. The van der Waals surface area contributed by atoms with Gasteiger partial charge in [0.2, 0.25) is 5.89 Å². The van der Waals surface area contributed by atoms with Crippen molar-refractivity contribution in [1.82, 2.24) is 15.5 Å². The van der Waals surface area contributed by atoms with Gasteiger partial charge in [-0.05, 0) is 56.4 Å². The van der Waals surface area contributed by atoms with Gasteiger partial charge in [0.05, 0.1) is 5.56 Å². The van der Waals surface area contributed by atoms with E-state index in [1.807, 2.05) is 48.5 Å². The van der Waals surface area contributed by atoms with Crippen LogP contribution in [0, 0.1) is 0 Å². The average molecular weight is 403 g/mol. The quantitative estimate of drug-likeness (QED) is 0.547. The van der Waals surface area contributed by atoms with Crippen molar-refractivity contribution in [2.75, 3.05) is 13.2 Å². The summed E-state index contributed by atoms with van der Waals surface area (Å²) in [5.74, 6) is 1.19. The van der Waals surface area contributed by atoms with E-state index >= 15 is 0 Å². The number of benzene rings is 2. The van der Waals surface area contributed by atoms with Crippen LogP contribution < -0.4 is 10.1 Å². The number of carbonyl (C=O) groups is 1. The average Bonchev–Trinajstić information content (AvgIpc) is 3.29. The molecule has 0 fully saturated rings. The number of hydrogen-bond acceptors (Lipinski definition) is 5. The topological polar surface area (TPSA) is 77.2 Å². The Morgan fingerprint density at radius 2 is 1.80 bits per heavy atom. The van der Waals surface area contributed by atoms with E-state index in [0.29, 0.717) is 29.6 Å². The van der Waals surface area contributed by atoms with E-state index in [-0.39, 0.29) is 12.5 Å². The zero-order valence-corrected chi connectivity index (χ0v) is 16.8. The van der Waals surface area contributed by atoms with Gasteiger partial charge in [0.15, 0.2) is 6.61 Å². The van der Waals surface area contributed by atoms with Crippen LogP contribution in [-0.4, -0.2) is 29.3 Å². The van der Waals surface area contributed by atoms with Gasteiger partial charge in [0.25, 0.3) is 11.8 Å². The fourth-order valence-electron chi connectivity index (χ4n) is 3.49. The second-order valence-electron chi connectivity index (χ2n) is 7.27. The van der Waals surface area contributed by atoms with Crippen LogP contribution in [-0.2, 0) is 4.79 Å². The maximum atomic E-state index is 12.2. The first-order valence-corrected chi connectivity index (χ1v) is 10.4. The van der Waals surface area contributed by atoms with Crippen LogP contribution in [0.25, 0.3) is 22.9 Å². The molecule has 1 aliphatic carbocycles. The van der Waals surface area contributed by atoms with Gasteiger partial charge in [-0.15, -0.1) is 10.2 Å². The van der Waals surface area contributed by atoms with Crippen LogP contribution in [0.2, 0.25) is 0 Å².